The summed E-state index contributed by atoms with van der Waals surface area (Å²) >= 11 is 1.59. The van der Waals surface area contributed by atoms with Crippen LogP contribution >= 0.6 is 11.3 Å². The van der Waals surface area contributed by atoms with Crippen molar-refractivity contribution >= 4 is 17.2 Å². The van der Waals surface area contributed by atoms with E-state index < -0.39 is 0 Å². The lowest BCUT2D eigenvalue weighted by Crippen LogP contribution is -2.33. The molecule has 32 heavy (non-hydrogen) atoms. The van der Waals surface area contributed by atoms with Crippen molar-refractivity contribution < 1.29 is 4.79 Å². The fourth-order valence-electron chi connectivity index (χ4n) is 3.58. The van der Waals surface area contributed by atoms with Gasteiger partial charge in [-0.15, -0.1) is 11.3 Å². The predicted octanol–water partition coefficient (Wildman–Crippen LogP) is 5.58. The summed E-state index contributed by atoms with van der Waals surface area (Å²) in [5, 5.41) is 2.96. The Morgan fingerprint density at radius 3 is 2.38 bits per heavy atom. The normalized spacial score (nSPS) is 10.8. The number of amides is 1. The Bertz CT molecular complexity index is 1120. The summed E-state index contributed by atoms with van der Waals surface area (Å²) in [5.74, 6) is 0.0934. The van der Waals surface area contributed by atoms with Crippen LogP contribution in [0.15, 0.2) is 84.5 Å². The van der Waals surface area contributed by atoms with Crippen LogP contribution in [0.5, 0.6) is 0 Å². The highest BCUT2D eigenvalue weighted by molar-refractivity contribution is 7.13. The minimum atomic E-state index is 0.0934. The molecule has 0 atom stereocenters. The number of benzene rings is 2. The van der Waals surface area contributed by atoms with Gasteiger partial charge in [-0.1, -0.05) is 61.5 Å². The summed E-state index contributed by atoms with van der Waals surface area (Å²) < 4.78 is 0. The van der Waals surface area contributed by atoms with Gasteiger partial charge in [-0.25, -0.2) is 4.98 Å². The number of thiazole rings is 1. The Morgan fingerprint density at radius 1 is 0.906 bits per heavy atom. The van der Waals surface area contributed by atoms with E-state index in [2.05, 4.69) is 48.3 Å². The van der Waals surface area contributed by atoms with E-state index in [-0.39, 0.29) is 5.91 Å². The molecule has 0 spiro atoms. The SMILES string of the molecule is CCc1ccc(-c2nc(CC(=O)N(CCc3ccccc3)Cc3ccncc3)cs2)cc1. The average Bonchev–Trinajstić information content (AvgIpc) is 3.31. The molecule has 0 aliphatic rings. The Labute approximate surface area is 193 Å². The summed E-state index contributed by atoms with van der Waals surface area (Å²) in [5.41, 5.74) is 5.55. The molecular weight excluding hydrogens is 414 g/mol. The molecule has 162 valence electrons. The predicted molar refractivity (Wildman–Crippen MR) is 130 cm³/mol. The average molecular weight is 442 g/mol. The minimum Gasteiger partial charge on any atom is -0.338 e. The molecule has 0 N–H and O–H groups in total. The second-order valence-corrected chi connectivity index (χ2v) is 8.64. The van der Waals surface area contributed by atoms with Crippen LogP contribution in [-0.2, 0) is 30.6 Å². The molecule has 0 fully saturated rings. The lowest BCUT2D eigenvalue weighted by molar-refractivity contribution is -0.131. The number of pyridine rings is 1. The molecule has 4 nitrogen and oxygen atoms in total. The molecule has 2 aromatic heterocycles. The second-order valence-electron chi connectivity index (χ2n) is 7.78. The topological polar surface area (TPSA) is 46.1 Å². The Kier molecular flexibility index (Phi) is 7.41. The molecule has 0 saturated carbocycles. The minimum absolute atomic E-state index is 0.0934. The molecule has 0 saturated heterocycles. The highest BCUT2D eigenvalue weighted by atomic mass is 32.1. The van der Waals surface area contributed by atoms with E-state index in [0.29, 0.717) is 19.5 Å². The summed E-state index contributed by atoms with van der Waals surface area (Å²) in [6.45, 7) is 3.39. The second kappa shape index (κ2) is 10.8. The molecule has 2 aromatic carbocycles. The van der Waals surface area contributed by atoms with Crippen LogP contribution in [0.1, 0.15) is 29.3 Å². The van der Waals surface area contributed by atoms with Crippen LogP contribution in [-0.4, -0.2) is 27.3 Å². The van der Waals surface area contributed by atoms with Crippen molar-refractivity contribution in [3.05, 3.63) is 107 Å². The van der Waals surface area contributed by atoms with E-state index in [1.807, 2.05) is 40.6 Å². The molecule has 4 aromatic rings. The maximum absolute atomic E-state index is 13.2. The van der Waals surface area contributed by atoms with Gasteiger partial charge in [0.2, 0.25) is 5.91 Å². The Balaban J connectivity index is 1.45. The molecule has 2 heterocycles. The fraction of sp³-hybridized carbons (Fsp3) is 0.222. The number of nitrogens with zero attached hydrogens (tertiary/aromatic N) is 3. The van der Waals surface area contributed by atoms with E-state index in [0.717, 1.165) is 34.7 Å². The number of aromatic nitrogens is 2. The van der Waals surface area contributed by atoms with Crippen LogP contribution in [0.3, 0.4) is 0 Å². The zero-order valence-electron chi connectivity index (χ0n) is 18.3. The van der Waals surface area contributed by atoms with Crippen molar-refractivity contribution in [3.63, 3.8) is 0 Å². The molecule has 0 aliphatic carbocycles. The Morgan fingerprint density at radius 2 is 1.66 bits per heavy atom. The van der Waals surface area contributed by atoms with Crippen molar-refractivity contribution in [2.45, 2.75) is 32.7 Å². The van der Waals surface area contributed by atoms with Gasteiger partial charge in [0.1, 0.15) is 5.01 Å². The van der Waals surface area contributed by atoms with E-state index >= 15 is 0 Å². The lowest BCUT2D eigenvalue weighted by atomic mass is 10.1. The van der Waals surface area contributed by atoms with Crippen molar-refractivity contribution in [1.29, 1.82) is 0 Å². The number of hydrogen-bond donors (Lipinski definition) is 0. The fourth-order valence-corrected chi connectivity index (χ4v) is 4.41. The van der Waals surface area contributed by atoms with Crippen LogP contribution in [0.4, 0.5) is 0 Å². The standard InChI is InChI=1S/C27H27N3OS/c1-2-21-8-10-24(11-9-21)27-29-25(20-32-27)18-26(31)30(19-23-12-15-28-16-13-23)17-14-22-6-4-3-5-7-22/h3-13,15-16,20H,2,14,17-19H2,1H3. The molecule has 0 radical (unpaired) electrons. The number of carbonyl (C=O) groups excluding carboxylic acids is 1. The molecule has 1 amide bonds. The first-order valence-corrected chi connectivity index (χ1v) is 11.8. The van der Waals surface area contributed by atoms with Gasteiger partial charge in [-0.3, -0.25) is 9.78 Å². The lowest BCUT2D eigenvalue weighted by Gasteiger charge is -2.23. The first kappa shape index (κ1) is 21.9. The van der Waals surface area contributed by atoms with E-state index in [1.165, 1.54) is 11.1 Å². The third kappa shape index (κ3) is 5.89. The van der Waals surface area contributed by atoms with Crippen molar-refractivity contribution in [3.8, 4) is 10.6 Å². The largest absolute Gasteiger partial charge is 0.338 e. The molecule has 0 unspecified atom stereocenters. The maximum atomic E-state index is 13.2. The van der Waals surface area contributed by atoms with Crippen LogP contribution < -0.4 is 0 Å². The summed E-state index contributed by atoms with van der Waals surface area (Å²) in [4.78, 5) is 24.0. The van der Waals surface area contributed by atoms with Crippen molar-refractivity contribution in [2.75, 3.05) is 6.54 Å². The van der Waals surface area contributed by atoms with Crippen LogP contribution in [0.2, 0.25) is 0 Å². The smallest absolute Gasteiger partial charge is 0.228 e. The van der Waals surface area contributed by atoms with Gasteiger partial charge in [0.15, 0.2) is 0 Å². The highest BCUT2D eigenvalue weighted by Crippen LogP contribution is 2.24. The quantitative estimate of drug-likeness (QED) is 0.341. The van der Waals surface area contributed by atoms with Crippen molar-refractivity contribution in [1.82, 2.24) is 14.9 Å². The summed E-state index contributed by atoms with van der Waals surface area (Å²) in [7, 11) is 0. The van der Waals surface area contributed by atoms with Gasteiger partial charge in [-0.2, -0.15) is 0 Å². The first-order valence-electron chi connectivity index (χ1n) is 11.0. The Hall–Kier alpha value is -3.31. The third-order valence-electron chi connectivity index (χ3n) is 5.48. The van der Waals surface area contributed by atoms with Gasteiger partial charge in [-0.05, 0) is 41.7 Å². The van der Waals surface area contributed by atoms with Gasteiger partial charge >= 0.3 is 0 Å². The molecule has 0 bridgehead atoms. The van der Waals surface area contributed by atoms with Gasteiger partial charge in [0.25, 0.3) is 0 Å². The first-order chi connectivity index (χ1) is 15.7. The number of rotatable bonds is 9. The number of hydrogen-bond acceptors (Lipinski definition) is 4. The zero-order valence-corrected chi connectivity index (χ0v) is 19.1. The van der Waals surface area contributed by atoms with Crippen LogP contribution in [0, 0.1) is 0 Å². The van der Waals surface area contributed by atoms with Gasteiger partial charge in [0.05, 0.1) is 12.1 Å². The van der Waals surface area contributed by atoms with Crippen molar-refractivity contribution in [2.24, 2.45) is 0 Å². The van der Waals surface area contributed by atoms with E-state index in [9.17, 15) is 4.79 Å². The van der Waals surface area contributed by atoms with Gasteiger partial charge < -0.3 is 4.90 Å². The van der Waals surface area contributed by atoms with E-state index in [1.54, 1.807) is 23.7 Å². The summed E-state index contributed by atoms with van der Waals surface area (Å²) in [6.07, 6.45) is 5.69. The van der Waals surface area contributed by atoms with E-state index in [4.69, 9.17) is 4.98 Å². The van der Waals surface area contributed by atoms with Crippen LogP contribution in [0.25, 0.3) is 10.6 Å². The maximum Gasteiger partial charge on any atom is 0.228 e. The number of carbonyl (C=O) groups is 1. The zero-order chi connectivity index (χ0) is 22.2. The molecule has 0 aliphatic heterocycles. The molecule has 4 rings (SSSR count). The van der Waals surface area contributed by atoms with Gasteiger partial charge in [0, 0.05) is 36.4 Å². The number of aryl methyl sites for hydroxylation is 1. The monoisotopic (exact) mass is 441 g/mol. The highest BCUT2D eigenvalue weighted by Gasteiger charge is 2.17. The molecule has 5 heteroatoms. The summed E-state index contributed by atoms with van der Waals surface area (Å²) in [6, 6.07) is 22.7. The third-order valence-corrected chi connectivity index (χ3v) is 6.42. The molecular formula is C27H27N3OS.